The van der Waals surface area contributed by atoms with E-state index in [1.165, 1.54) is 16.8 Å². The van der Waals surface area contributed by atoms with Crippen molar-refractivity contribution < 1.29 is 21.2 Å². The maximum Gasteiger partial charge on any atom is 0.440 e. The number of carbonyl (C=O) groups is 1. The van der Waals surface area contributed by atoms with Gasteiger partial charge in [-0.1, -0.05) is 72.8 Å². The molecule has 0 saturated carbocycles. The lowest BCUT2D eigenvalue weighted by molar-refractivity contribution is 0.0181. The van der Waals surface area contributed by atoms with Crippen molar-refractivity contribution in [1.82, 2.24) is 4.57 Å². The number of nitrogens with zero attached hydrogens (tertiary/aromatic N) is 2. The Balaban J connectivity index is 1.80. The Labute approximate surface area is 212 Å². The topological polar surface area (TPSA) is 60.8 Å². The fourth-order valence-corrected chi connectivity index (χ4v) is 3.46. The van der Waals surface area contributed by atoms with Gasteiger partial charge in [0.25, 0.3) is 0 Å². The molecule has 1 heterocycles. The van der Waals surface area contributed by atoms with Gasteiger partial charge in [0.05, 0.1) is 0 Å². The molecule has 4 rings (SSSR count). The minimum atomic E-state index is -2.98. The number of hydroxylamine groups is 1. The minimum Gasteiger partial charge on any atom is -0.442 e. The molecule has 35 heavy (non-hydrogen) atoms. The number of pyridine rings is 1. The molecule has 4 aromatic rings. The second-order valence-corrected chi connectivity index (χ2v) is 8.04. The van der Waals surface area contributed by atoms with Crippen LogP contribution in [0.15, 0.2) is 108 Å². The van der Waals surface area contributed by atoms with Crippen LogP contribution in [-0.2, 0) is 16.2 Å². The highest BCUT2D eigenvalue weighted by Gasteiger charge is 2.27. The molecule has 6 nitrogen and oxygen atoms in total. The molecule has 0 fully saturated rings. The van der Waals surface area contributed by atoms with Crippen molar-refractivity contribution in [3.63, 3.8) is 0 Å². The third-order valence-corrected chi connectivity index (χ3v) is 5.01. The zero-order chi connectivity index (χ0) is 28.9. The van der Waals surface area contributed by atoms with Crippen LogP contribution in [0.4, 0.5) is 10.6 Å². The highest BCUT2D eigenvalue weighted by atomic mass is 16.7. The Morgan fingerprint density at radius 3 is 2.37 bits per heavy atom. The summed E-state index contributed by atoms with van der Waals surface area (Å²) >= 11 is 0. The van der Waals surface area contributed by atoms with Crippen molar-refractivity contribution in [3.8, 4) is 16.8 Å². The van der Waals surface area contributed by atoms with Crippen molar-refractivity contribution in [2.75, 3.05) is 5.06 Å². The van der Waals surface area contributed by atoms with Crippen LogP contribution in [0.1, 0.15) is 33.1 Å². The van der Waals surface area contributed by atoms with Crippen LogP contribution in [0.3, 0.4) is 0 Å². The van der Waals surface area contributed by atoms with Crippen LogP contribution < -0.4 is 10.5 Å². The van der Waals surface area contributed by atoms with Gasteiger partial charge in [-0.2, -0.15) is 0 Å². The largest absolute Gasteiger partial charge is 0.442 e. The van der Waals surface area contributed by atoms with Gasteiger partial charge in [-0.3, -0.25) is 9.63 Å². The third kappa shape index (κ3) is 6.25. The highest BCUT2D eigenvalue weighted by molar-refractivity contribution is 5.85. The second-order valence-electron chi connectivity index (χ2n) is 8.04. The number of benzene rings is 3. The zero-order valence-electron chi connectivity index (χ0n) is 24.1. The normalized spacial score (nSPS) is 15.1. The lowest BCUT2D eigenvalue weighted by Gasteiger charge is -2.28. The average Bonchev–Trinajstić information content (AvgIpc) is 2.93. The molecule has 0 N–H and O–H groups in total. The van der Waals surface area contributed by atoms with E-state index in [1.54, 1.807) is 30.3 Å². The van der Waals surface area contributed by atoms with E-state index < -0.39 is 30.9 Å². The van der Waals surface area contributed by atoms with Crippen LogP contribution in [-0.4, -0.2) is 16.3 Å². The summed E-state index contributed by atoms with van der Waals surface area (Å²) in [4.78, 5) is 31.9. The number of hydrogen-bond acceptors (Lipinski definition) is 4. The van der Waals surface area contributed by atoms with E-state index in [9.17, 15) is 9.59 Å². The van der Waals surface area contributed by atoms with Gasteiger partial charge in [0.1, 0.15) is 12.2 Å². The van der Waals surface area contributed by atoms with Gasteiger partial charge in [-0.15, -0.1) is 5.06 Å². The smallest absolute Gasteiger partial charge is 0.440 e. The molecule has 3 aromatic carbocycles. The number of ether oxygens (including phenoxy) is 1. The maximum atomic E-state index is 13.6. The van der Waals surface area contributed by atoms with E-state index in [1.807, 2.05) is 54.6 Å². The molecule has 1 unspecified atom stereocenters. The van der Waals surface area contributed by atoms with Crippen LogP contribution in [0.2, 0.25) is 0 Å². The van der Waals surface area contributed by atoms with E-state index in [0.717, 1.165) is 24.1 Å². The summed E-state index contributed by atoms with van der Waals surface area (Å²) < 4.78 is 45.9. The Morgan fingerprint density at radius 2 is 1.66 bits per heavy atom. The first-order valence-electron chi connectivity index (χ1n) is 13.6. The van der Waals surface area contributed by atoms with Gasteiger partial charge in [-0.25, -0.2) is 4.79 Å². The zero-order valence-corrected chi connectivity index (χ0v) is 19.1. The monoisotopic (exact) mass is 478 g/mol. The van der Waals surface area contributed by atoms with Crippen LogP contribution in [0.5, 0.6) is 0 Å². The molecule has 0 aliphatic heterocycles. The van der Waals surface area contributed by atoms with E-state index in [2.05, 4.69) is 0 Å². The molecule has 6 heteroatoms. The number of carbonyl (C=O) groups excluding carboxylic acids is 1. The molecular formula is C29H28N2O4. The first-order valence-corrected chi connectivity index (χ1v) is 10.9. The number of hydrogen-bond donors (Lipinski definition) is 0. The first-order chi connectivity index (χ1) is 19.0. The summed E-state index contributed by atoms with van der Waals surface area (Å²) in [5.74, 6) is -0.0574. The molecule has 0 spiro atoms. The quantitative estimate of drug-likeness (QED) is 0.302. The third-order valence-electron chi connectivity index (χ3n) is 5.01. The summed E-state index contributed by atoms with van der Waals surface area (Å²) in [5, 5.41) is 0.690. The van der Waals surface area contributed by atoms with E-state index in [4.69, 9.17) is 16.4 Å². The molecular weight excluding hydrogens is 440 g/mol. The van der Waals surface area contributed by atoms with Crippen molar-refractivity contribution >= 4 is 11.9 Å². The van der Waals surface area contributed by atoms with Crippen LogP contribution in [0.25, 0.3) is 16.8 Å². The standard InChI is InChI=1S/C29H28N2O4/c1-29(2,3)35-28(33)31(34-21-22-11-6-4-7-12-22)27-20-26(32)17-18-30(27)25-16-10-15-24(19-25)23-13-8-5-9-14-23/h4-20H,21H2,1-3H3/i1T2,2T3. The molecule has 1 aromatic heterocycles. The first kappa shape index (κ1) is 18.2. The summed E-state index contributed by atoms with van der Waals surface area (Å²) in [5.41, 5.74) is 0.177. The van der Waals surface area contributed by atoms with Crippen LogP contribution in [0, 0.1) is 0 Å². The van der Waals surface area contributed by atoms with Gasteiger partial charge < -0.3 is 9.30 Å². The Kier molecular flexibility index (Phi) is 5.41. The summed E-state index contributed by atoms with van der Waals surface area (Å²) in [7, 11) is 0. The Hall–Kier alpha value is -4.16. The van der Waals surface area contributed by atoms with Crippen LogP contribution >= 0.6 is 0 Å². The molecule has 0 aliphatic carbocycles. The SMILES string of the molecule is [3H]C([3H])C(C)(OC(=O)N(OCc1ccccc1)c1cc(=O)ccn1-c1cccc(-c2ccccc2)c1)C([3H])([3H])[3H]. The Morgan fingerprint density at radius 1 is 0.943 bits per heavy atom. The number of rotatable bonds is 6. The van der Waals surface area contributed by atoms with Gasteiger partial charge in [0.15, 0.2) is 11.2 Å². The summed E-state index contributed by atoms with van der Waals surface area (Å²) in [6.45, 7) is -4.15. The average molecular weight is 479 g/mol. The lowest BCUT2D eigenvalue weighted by atomic mass is 10.1. The summed E-state index contributed by atoms with van der Waals surface area (Å²) in [6.07, 6.45) is 0.173. The minimum absolute atomic E-state index is 0.0574. The molecule has 178 valence electrons. The van der Waals surface area contributed by atoms with E-state index >= 15 is 0 Å². The van der Waals surface area contributed by atoms with E-state index in [0.29, 0.717) is 16.3 Å². The van der Waals surface area contributed by atoms with Gasteiger partial charge >= 0.3 is 6.09 Å². The molecule has 1 atom stereocenters. The molecule has 0 saturated heterocycles. The highest BCUT2D eigenvalue weighted by Crippen LogP contribution is 2.26. The predicted molar refractivity (Wildman–Crippen MR) is 137 cm³/mol. The lowest BCUT2D eigenvalue weighted by Crippen LogP contribution is -2.38. The molecule has 0 bridgehead atoms. The molecule has 0 aliphatic rings. The number of aromatic nitrogens is 1. The summed E-state index contributed by atoms with van der Waals surface area (Å²) in [6, 6.07) is 28.4. The molecule has 1 amide bonds. The number of anilines is 1. The number of amides is 1. The predicted octanol–water partition coefficient (Wildman–Crippen LogP) is 6.38. The van der Waals surface area contributed by atoms with Gasteiger partial charge in [0.2, 0.25) is 0 Å². The van der Waals surface area contributed by atoms with Gasteiger partial charge in [0, 0.05) is 30.9 Å². The van der Waals surface area contributed by atoms with Crippen molar-refractivity contribution in [2.45, 2.75) is 32.9 Å². The maximum absolute atomic E-state index is 13.6. The fourth-order valence-electron chi connectivity index (χ4n) is 3.46. The van der Waals surface area contributed by atoms with Crippen molar-refractivity contribution in [2.24, 2.45) is 0 Å². The second kappa shape index (κ2) is 10.4. The van der Waals surface area contributed by atoms with E-state index in [-0.39, 0.29) is 12.4 Å². The molecule has 0 radical (unpaired) electrons. The fraction of sp³-hybridized carbons (Fsp3) is 0.172. The van der Waals surface area contributed by atoms with Crippen molar-refractivity contribution in [3.05, 3.63) is 119 Å². The Bertz CT molecular complexity index is 1510. The van der Waals surface area contributed by atoms with Gasteiger partial charge in [-0.05, 0) is 49.5 Å². The van der Waals surface area contributed by atoms with Crippen molar-refractivity contribution in [1.29, 1.82) is 0 Å².